The molecule has 1 aromatic carbocycles. The van der Waals surface area contributed by atoms with Crippen LogP contribution in [0.15, 0.2) is 29.2 Å². The van der Waals surface area contributed by atoms with Crippen molar-refractivity contribution in [3.63, 3.8) is 0 Å². The second-order valence-electron chi connectivity index (χ2n) is 5.21. The van der Waals surface area contributed by atoms with Crippen LogP contribution in [0.25, 0.3) is 0 Å². The second kappa shape index (κ2) is 8.41. The predicted octanol–water partition coefficient (Wildman–Crippen LogP) is 1.83. The molecule has 2 rings (SSSR count). The second-order valence-corrected chi connectivity index (χ2v) is 6.46. The van der Waals surface area contributed by atoms with Gasteiger partial charge in [0.05, 0.1) is 30.2 Å². The molecule has 0 saturated carbocycles. The molecule has 1 amide bonds. The zero-order valence-electron chi connectivity index (χ0n) is 13.6. The number of pyridine rings is 1. The Kier molecular flexibility index (Phi) is 6.51. The summed E-state index contributed by atoms with van der Waals surface area (Å²) in [5.41, 5.74) is 2.55. The van der Waals surface area contributed by atoms with Crippen molar-refractivity contribution in [2.45, 2.75) is 6.92 Å². The molecular weight excluding hydrogens is 444 g/mol. The Balaban J connectivity index is 2.45. The van der Waals surface area contributed by atoms with Crippen LogP contribution in [0.5, 0.6) is 0 Å². The smallest absolute Gasteiger partial charge is 0.278 e. The molecular formula is C16H17FIN3O4. The van der Waals surface area contributed by atoms with E-state index in [1.165, 1.54) is 29.9 Å². The maximum Gasteiger partial charge on any atom is 0.278 e. The van der Waals surface area contributed by atoms with Crippen molar-refractivity contribution >= 4 is 39.9 Å². The molecule has 0 aliphatic rings. The van der Waals surface area contributed by atoms with Gasteiger partial charge in [0.2, 0.25) is 0 Å². The van der Waals surface area contributed by atoms with Crippen molar-refractivity contribution in [1.82, 2.24) is 10.0 Å². The molecule has 0 aliphatic carbocycles. The van der Waals surface area contributed by atoms with Gasteiger partial charge in [-0.3, -0.25) is 14.4 Å². The molecule has 0 atom stereocenters. The maximum absolute atomic E-state index is 14.1. The number of amides is 1. The molecule has 2 aromatic rings. The average Bonchev–Trinajstić information content (AvgIpc) is 2.57. The number of nitrogens with one attached hydrogen (secondary N) is 2. The van der Waals surface area contributed by atoms with E-state index in [1.54, 1.807) is 13.0 Å². The van der Waals surface area contributed by atoms with E-state index in [-0.39, 0.29) is 41.3 Å². The highest BCUT2D eigenvalue weighted by molar-refractivity contribution is 14.1. The Morgan fingerprint density at radius 3 is 2.80 bits per heavy atom. The van der Waals surface area contributed by atoms with Crippen molar-refractivity contribution < 1.29 is 19.1 Å². The monoisotopic (exact) mass is 461 g/mol. The Morgan fingerprint density at radius 2 is 2.16 bits per heavy atom. The number of benzene rings is 1. The van der Waals surface area contributed by atoms with E-state index in [0.29, 0.717) is 0 Å². The summed E-state index contributed by atoms with van der Waals surface area (Å²) in [4.78, 5) is 29.3. The maximum atomic E-state index is 14.1. The van der Waals surface area contributed by atoms with Crippen molar-refractivity contribution in [1.29, 1.82) is 0 Å². The van der Waals surface area contributed by atoms with Crippen molar-refractivity contribution in [3.8, 4) is 0 Å². The van der Waals surface area contributed by atoms with Gasteiger partial charge >= 0.3 is 0 Å². The summed E-state index contributed by atoms with van der Waals surface area (Å²) in [6, 6.07) is 4.56. The molecule has 3 N–H and O–H groups in total. The van der Waals surface area contributed by atoms with Gasteiger partial charge in [-0.1, -0.05) is 0 Å². The number of nitrogens with zero attached hydrogens (tertiary/aromatic N) is 1. The Morgan fingerprint density at radius 1 is 1.44 bits per heavy atom. The van der Waals surface area contributed by atoms with Gasteiger partial charge in [-0.05, 0) is 47.7 Å². The lowest BCUT2D eigenvalue weighted by Crippen LogP contribution is -2.29. The van der Waals surface area contributed by atoms with Gasteiger partial charge < -0.3 is 15.0 Å². The minimum absolute atomic E-state index is 0.0784. The summed E-state index contributed by atoms with van der Waals surface area (Å²) in [5.74, 6) is -1.13. The molecule has 1 aromatic heterocycles. The van der Waals surface area contributed by atoms with E-state index in [1.807, 2.05) is 22.6 Å². The molecule has 0 unspecified atom stereocenters. The Hall–Kier alpha value is -1.98. The van der Waals surface area contributed by atoms with Gasteiger partial charge in [0.25, 0.3) is 11.5 Å². The van der Waals surface area contributed by atoms with E-state index >= 15 is 0 Å². The van der Waals surface area contributed by atoms with E-state index in [4.69, 9.17) is 9.94 Å². The third kappa shape index (κ3) is 4.55. The summed E-state index contributed by atoms with van der Waals surface area (Å²) in [6.07, 6.45) is 1.33. The highest BCUT2D eigenvalue weighted by atomic mass is 127. The van der Waals surface area contributed by atoms with Gasteiger partial charge in [0.1, 0.15) is 5.82 Å². The number of hydrogen-bond donors (Lipinski definition) is 3. The zero-order valence-corrected chi connectivity index (χ0v) is 15.8. The fourth-order valence-electron chi connectivity index (χ4n) is 2.17. The van der Waals surface area contributed by atoms with Crippen LogP contribution in [0.2, 0.25) is 0 Å². The first-order valence-corrected chi connectivity index (χ1v) is 8.38. The van der Waals surface area contributed by atoms with Gasteiger partial charge in [0, 0.05) is 22.4 Å². The quantitative estimate of drug-likeness (QED) is 0.347. The van der Waals surface area contributed by atoms with E-state index in [9.17, 15) is 14.0 Å². The first-order valence-electron chi connectivity index (χ1n) is 7.30. The normalized spacial score (nSPS) is 10.6. The summed E-state index contributed by atoms with van der Waals surface area (Å²) < 4.78 is 16.1. The molecule has 0 bridgehead atoms. The fourth-order valence-corrected chi connectivity index (χ4v) is 2.62. The Bertz CT molecular complexity index is 854. The first kappa shape index (κ1) is 19.3. The van der Waals surface area contributed by atoms with Crippen LogP contribution in [-0.4, -0.2) is 28.8 Å². The number of carbonyl (C=O) groups is 1. The fraction of sp³-hybridized carbons (Fsp3) is 0.250. The minimum Gasteiger partial charge on any atom is -0.394 e. The number of hydrogen-bond acceptors (Lipinski definition) is 5. The summed E-state index contributed by atoms with van der Waals surface area (Å²) in [7, 11) is 1.51. The molecule has 9 heteroatoms. The molecule has 0 radical (unpaired) electrons. The first-order chi connectivity index (χ1) is 11.8. The summed E-state index contributed by atoms with van der Waals surface area (Å²) in [5, 5.41) is 11.5. The number of aromatic nitrogens is 1. The van der Waals surface area contributed by atoms with Crippen LogP contribution in [0.4, 0.5) is 15.8 Å². The highest BCUT2D eigenvalue weighted by Crippen LogP contribution is 2.26. The standard InChI is InChI=1S/C16H17FIN3O4/c1-9-14(19-13-4-3-10(18)7-12(13)17)11(8-21(2)16(9)24)15(23)20-25-6-5-22/h3-4,7-8,19,22H,5-6H2,1-2H3,(H,20,23). The van der Waals surface area contributed by atoms with Crippen LogP contribution in [-0.2, 0) is 11.9 Å². The minimum atomic E-state index is -0.624. The topological polar surface area (TPSA) is 92.6 Å². The van der Waals surface area contributed by atoms with Crippen LogP contribution >= 0.6 is 22.6 Å². The number of aliphatic hydroxyl groups excluding tert-OH is 1. The number of halogens is 2. The molecule has 134 valence electrons. The molecule has 0 fully saturated rings. The van der Waals surface area contributed by atoms with E-state index in [2.05, 4.69) is 10.8 Å². The van der Waals surface area contributed by atoms with Crippen molar-refractivity contribution in [3.05, 3.63) is 55.3 Å². The molecule has 0 aliphatic heterocycles. The van der Waals surface area contributed by atoms with Crippen LogP contribution in [0.3, 0.4) is 0 Å². The van der Waals surface area contributed by atoms with E-state index in [0.717, 1.165) is 3.57 Å². The summed E-state index contributed by atoms with van der Waals surface area (Å²) >= 11 is 1.98. The summed E-state index contributed by atoms with van der Waals surface area (Å²) in [6.45, 7) is 1.21. The number of anilines is 2. The number of aryl methyl sites for hydroxylation is 1. The molecule has 0 saturated heterocycles. The van der Waals surface area contributed by atoms with Crippen molar-refractivity contribution in [2.24, 2.45) is 7.05 Å². The molecule has 25 heavy (non-hydrogen) atoms. The SMILES string of the molecule is Cc1c(Nc2ccc(I)cc2F)c(C(=O)NOCCO)cn(C)c1=O. The third-order valence-corrected chi connectivity index (χ3v) is 4.07. The van der Waals surface area contributed by atoms with Crippen molar-refractivity contribution in [2.75, 3.05) is 18.5 Å². The van der Waals surface area contributed by atoms with Crippen LogP contribution in [0, 0.1) is 16.3 Å². The number of aliphatic hydroxyl groups is 1. The Labute approximate surface area is 156 Å². The molecule has 0 spiro atoms. The lowest BCUT2D eigenvalue weighted by Gasteiger charge is -2.16. The molecule has 1 heterocycles. The lowest BCUT2D eigenvalue weighted by molar-refractivity contribution is 0.0168. The van der Waals surface area contributed by atoms with Gasteiger partial charge in [-0.2, -0.15) is 0 Å². The van der Waals surface area contributed by atoms with Gasteiger partial charge in [-0.25, -0.2) is 9.87 Å². The molecule has 7 nitrogen and oxygen atoms in total. The van der Waals surface area contributed by atoms with Gasteiger partial charge in [-0.15, -0.1) is 0 Å². The van der Waals surface area contributed by atoms with Crippen LogP contribution < -0.4 is 16.4 Å². The number of rotatable bonds is 6. The average molecular weight is 461 g/mol. The van der Waals surface area contributed by atoms with E-state index < -0.39 is 11.7 Å². The number of hydroxylamine groups is 1. The number of carbonyl (C=O) groups excluding carboxylic acids is 1. The lowest BCUT2D eigenvalue weighted by atomic mass is 10.1. The zero-order chi connectivity index (χ0) is 18.6. The largest absolute Gasteiger partial charge is 0.394 e. The highest BCUT2D eigenvalue weighted by Gasteiger charge is 2.19. The van der Waals surface area contributed by atoms with Gasteiger partial charge in [0.15, 0.2) is 0 Å². The van der Waals surface area contributed by atoms with Crippen LogP contribution in [0.1, 0.15) is 15.9 Å². The predicted molar refractivity (Wildman–Crippen MR) is 99.3 cm³/mol. The third-order valence-electron chi connectivity index (χ3n) is 3.40.